The Morgan fingerprint density at radius 3 is 2.79 bits per heavy atom. The topological polar surface area (TPSA) is 94.0 Å². The van der Waals surface area contributed by atoms with Crippen molar-refractivity contribution in [1.29, 1.82) is 0 Å². The number of thioether (sulfide) groups is 1. The molecule has 2 aromatic rings. The summed E-state index contributed by atoms with van der Waals surface area (Å²) in [4.78, 5) is 10.6. The molecule has 0 unspecified atom stereocenters. The van der Waals surface area contributed by atoms with Crippen LogP contribution in [0.25, 0.3) is 11.4 Å². The number of carboxylic acids is 1. The molecule has 0 bridgehead atoms. The zero-order valence-electron chi connectivity index (χ0n) is 10.8. The minimum Gasteiger partial charge on any atom is -0.481 e. The largest absolute Gasteiger partial charge is 0.481 e. The highest BCUT2D eigenvalue weighted by Gasteiger charge is 2.20. The van der Waals surface area contributed by atoms with E-state index in [4.69, 9.17) is 9.63 Å². The van der Waals surface area contributed by atoms with Crippen molar-refractivity contribution < 1.29 is 14.4 Å². The van der Waals surface area contributed by atoms with Crippen LogP contribution >= 0.6 is 11.8 Å². The average Bonchev–Trinajstić information content (AvgIpc) is 2.91. The fraction of sp³-hybridized carbons (Fsp3) is 0.455. The lowest BCUT2D eigenvalue weighted by atomic mass is 10.2. The summed E-state index contributed by atoms with van der Waals surface area (Å²) in [6, 6.07) is 0.107. The van der Waals surface area contributed by atoms with Crippen LogP contribution in [-0.4, -0.2) is 36.7 Å². The minimum absolute atomic E-state index is 0.0481. The second-order valence-electron chi connectivity index (χ2n) is 4.25. The molecule has 0 saturated carbocycles. The predicted octanol–water partition coefficient (Wildman–Crippen LogP) is 2.00. The van der Waals surface area contributed by atoms with Gasteiger partial charge in [0.1, 0.15) is 5.76 Å². The van der Waals surface area contributed by atoms with Crippen molar-refractivity contribution in [3.63, 3.8) is 0 Å². The Hall–Kier alpha value is -1.83. The van der Waals surface area contributed by atoms with Crippen LogP contribution in [0.5, 0.6) is 0 Å². The number of hydrogen-bond donors (Lipinski definition) is 1. The maximum atomic E-state index is 10.6. The molecule has 0 spiro atoms. The molecular weight excluding hydrogens is 268 g/mol. The van der Waals surface area contributed by atoms with E-state index in [2.05, 4.69) is 15.4 Å². The molecule has 8 heteroatoms. The Labute approximate surface area is 114 Å². The van der Waals surface area contributed by atoms with Crippen LogP contribution in [0, 0.1) is 6.92 Å². The Morgan fingerprint density at radius 1 is 1.53 bits per heavy atom. The van der Waals surface area contributed by atoms with Crippen LogP contribution in [0.4, 0.5) is 0 Å². The highest BCUT2D eigenvalue weighted by atomic mass is 32.2. The summed E-state index contributed by atoms with van der Waals surface area (Å²) in [6.45, 7) is 5.77. The first-order valence-electron chi connectivity index (χ1n) is 5.71. The van der Waals surface area contributed by atoms with E-state index in [1.165, 1.54) is 0 Å². The predicted molar refractivity (Wildman–Crippen MR) is 69.0 cm³/mol. The molecule has 19 heavy (non-hydrogen) atoms. The molecule has 0 amide bonds. The highest BCUT2D eigenvalue weighted by Crippen LogP contribution is 2.29. The summed E-state index contributed by atoms with van der Waals surface area (Å²) in [5.41, 5.74) is 0.767. The van der Waals surface area contributed by atoms with E-state index in [9.17, 15) is 4.79 Å². The van der Waals surface area contributed by atoms with E-state index in [1.807, 2.05) is 18.4 Å². The van der Waals surface area contributed by atoms with Gasteiger partial charge in [-0.3, -0.25) is 9.36 Å². The third-order valence-electron chi connectivity index (χ3n) is 2.50. The maximum Gasteiger partial charge on any atom is 0.313 e. The molecule has 0 saturated heterocycles. The number of hydrogen-bond acceptors (Lipinski definition) is 6. The first kappa shape index (κ1) is 13.6. The van der Waals surface area contributed by atoms with Gasteiger partial charge in [-0.25, -0.2) is 0 Å². The molecule has 2 rings (SSSR count). The van der Waals surface area contributed by atoms with Gasteiger partial charge in [0.2, 0.25) is 0 Å². The number of aryl methyl sites for hydroxylation is 1. The third kappa shape index (κ3) is 2.78. The van der Waals surface area contributed by atoms with Gasteiger partial charge in [0, 0.05) is 6.04 Å². The van der Waals surface area contributed by atoms with Gasteiger partial charge in [-0.05, 0) is 20.8 Å². The summed E-state index contributed by atoms with van der Waals surface area (Å²) < 4.78 is 6.91. The Morgan fingerprint density at radius 2 is 2.26 bits per heavy atom. The van der Waals surface area contributed by atoms with E-state index in [0.29, 0.717) is 16.7 Å². The van der Waals surface area contributed by atoms with Crippen molar-refractivity contribution >= 4 is 17.7 Å². The molecule has 7 nitrogen and oxygen atoms in total. The number of rotatable bonds is 5. The lowest BCUT2D eigenvalue weighted by Crippen LogP contribution is -2.07. The Kier molecular flexibility index (Phi) is 3.89. The number of carboxylic acid groups (broad SMARTS) is 1. The van der Waals surface area contributed by atoms with E-state index in [-0.39, 0.29) is 11.8 Å². The molecule has 0 aliphatic heterocycles. The zero-order valence-corrected chi connectivity index (χ0v) is 11.6. The molecule has 1 N–H and O–H groups in total. The van der Waals surface area contributed by atoms with Crippen LogP contribution in [-0.2, 0) is 4.79 Å². The number of carbonyl (C=O) groups is 1. The van der Waals surface area contributed by atoms with E-state index in [0.717, 1.165) is 17.3 Å². The molecule has 2 aromatic heterocycles. The van der Waals surface area contributed by atoms with Gasteiger partial charge >= 0.3 is 5.97 Å². The van der Waals surface area contributed by atoms with Crippen molar-refractivity contribution in [1.82, 2.24) is 19.9 Å². The van der Waals surface area contributed by atoms with Crippen LogP contribution in [0.1, 0.15) is 25.6 Å². The highest BCUT2D eigenvalue weighted by molar-refractivity contribution is 7.99. The Bertz CT molecular complexity index is 591. The van der Waals surface area contributed by atoms with Crippen LogP contribution < -0.4 is 0 Å². The number of aliphatic carboxylic acids is 1. The number of nitrogens with zero attached hydrogens (tertiary/aromatic N) is 4. The molecule has 0 radical (unpaired) electrons. The van der Waals surface area contributed by atoms with Crippen molar-refractivity contribution in [2.24, 2.45) is 0 Å². The molecule has 0 aliphatic rings. The summed E-state index contributed by atoms with van der Waals surface area (Å²) >= 11 is 1.15. The fourth-order valence-electron chi connectivity index (χ4n) is 1.66. The van der Waals surface area contributed by atoms with Crippen molar-refractivity contribution in [2.45, 2.75) is 32.0 Å². The van der Waals surface area contributed by atoms with Gasteiger partial charge in [0.15, 0.2) is 11.0 Å². The van der Waals surface area contributed by atoms with Gasteiger partial charge in [-0.1, -0.05) is 16.9 Å². The molecule has 2 heterocycles. The Balaban J connectivity index is 2.40. The standard InChI is InChI=1S/C11H14N4O3S/c1-6(2)15-10(8-4-12-18-7(8)3)13-14-11(15)19-5-9(16)17/h4,6H,5H2,1-3H3,(H,16,17). The SMILES string of the molecule is Cc1oncc1-c1nnc(SCC(=O)O)n1C(C)C. The van der Waals surface area contributed by atoms with E-state index < -0.39 is 5.97 Å². The van der Waals surface area contributed by atoms with Crippen LogP contribution in [0.3, 0.4) is 0 Å². The molecule has 0 atom stereocenters. The monoisotopic (exact) mass is 282 g/mol. The second-order valence-corrected chi connectivity index (χ2v) is 5.19. The van der Waals surface area contributed by atoms with Gasteiger partial charge < -0.3 is 9.63 Å². The first-order valence-corrected chi connectivity index (χ1v) is 6.70. The fourth-order valence-corrected chi connectivity index (χ4v) is 2.45. The summed E-state index contributed by atoms with van der Waals surface area (Å²) in [7, 11) is 0. The smallest absolute Gasteiger partial charge is 0.313 e. The molecular formula is C11H14N4O3S. The third-order valence-corrected chi connectivity index (χ3v) is 3.43. The molecule has 102 valence electrons. The van der Waals surface area contributed by atoms with E-state index >= 15 is 0 Å². The summed E-state index contributed by atoms with van der Waals surface area (Å²) in [5.74, 6) is 0.366. The van der Waals surface area contributed by atoms with Gasteiger partial charge in [0.25, 0.3) is 0 Å². The normalized spacial score (nSPS) is 11.2. The second kappa shape index (κ2) is 5.43. The van der Waals surface area contributed by atoms with Gasteiger partial charge in [-0.15, -0.1) is 10.2 Å². The van der Waals surface area contributed by atoms with Crippen molar-refractivity contribution in [3.8, 4) is 11.4 Å². The lowest BCUT2D eigenvalue weighted by Gasteiger charge is -2.12. The number of aromatic nitrogens is 4. The maximum absolute atomic E-state index is 10.6. The van der Waals surface area contributed by atoms with Crippen LogP contribution in [0.15, 0.2) is 15.9 Å². The minimum atomic E-state index is -0.883. The van der Waals surface area contributed by atoms with Crippen molar-refractivity contribution in [3.05, 3.63) is 12.0 Å². The summed E-state index contributed by atoms with van der Waals surface area (Å²) in [6.07, 6.45) is 1.59. The molecule has 0 aliphatic carbocycles. The van der Waals surface area contributed by atoms with E-state index in [1.54, 1.807) is 13.1 Å². The van der Waals surface area contributed by atoms with Gasteiger partial charge in [0.05, 0.1) is 17.5 Å². The lowest BCUT2D eigenvalue weighted by molar-refractivity contribution is -0.133. The average molecular weight is 282 g/mol. The molecule has 0 fully saturated rings. The van der Waals surface area contributed by atoms with Crippen molar-refractivity contribution in [2.75, 3.05) is 5.75 Å². The zero-order chi connectivity index (χ0) is 14.0. The van der Waals surface area contributed by atoms with Crippen LogP contribution in [0.2, 0.25) is 0 Å². The van der Waals surface area contributed by atoms with Gasteiger partial charge in [-0.2, -0.15) is 0 Å². The summed E-state index contributed by atoms with van der Waals surface area (Å²) in [5, 5.41) is 21.2. The molecule has 0 aromatic carbocycles. The first-order chi connectivity index (χ1) is 9.00. The quantitative estimate of drug-likeness (QED) is 0.838.